The number of amides is 2. The third kappa shape index (κ3) is 3.92. The first kappa shape index (κ1) is 22.0. The molecule has 1 aliphatic heterocycles. The maximum absolute atomic E-state index is 14.0. The number of ether oxygens (including phenoxy) is 1. The minimum Gasteiger partial charge on any atom is -0.497 e. The van der Waals surface area contributed by atoms with Crippen LogP contribution in [0.25, 0.3) is 5.00 Å². The summed E-state index contributed by atoms with van der Waals surface area (Å²) in [5.41, 5.74) is 6.96. The number of nitrogens with zero attached hydrogens (tertiary/aromatic N) is 2. The summed E-state index contributed by atoms with van der Waals surface area (Å²) in [5, 5.41) is 4.43. The molecule has 4 aromatic rings. The van der Waals surface area contributed by atoms with Crippen molar-refractivity contribution in [1.82, 2.24) is 9.47 Å². The van der Waals surface area contributed by atoms with Crippen molar-refractivity contribution in [2.45, 2.75) is 45.2 Å². The van der Waals surface area contributed by atoms with Gasteiger partial charge in [-0.15, -0.1) is 11.3 Å². The number of rotatable bonds is 3. The van der Waals surface area contributed by atoms with Crippen LogP contribution in [-0.2, 0) is 19.4 Å². The van der Waals surface area contributed by atoms with Crippen LogP contribution in [0, 0.1) is 6.92 Å². The maximum Gasteiger partial charge on any atom is 0.322 e. The van der Waals surface area contributed by atoms with E-state index in [9.17, 15) is 4.79 Å². The molecule has 1 atom stereocenters. The first-order valence-electron chi connectivity index (χ1n) is 12.2. The summed E-state index contributed by atoms with van der Waals surface area (Å²) in [6.45, 7) is 2.69. The normalized spacial score (nSPS) is 16.6. The Kier molecular flexibility index (Phi) is 5.61. The molecular weight excluding hydrogens is 454 g/mol. The zero-order valence-corrected chi connectivity index (χ0v) is 20.9. The second-order valence-electron chi connectivity index (χ2n) is 9.40. The fourth-order valence-electron chi connectivity index (χ4n) is 5.45. The minimum atomic E-state index is -0.193. The van der Waals surface area contributed by atoms with Gasteiger partial charge >= 0.3 is 6.03 Å². The lowest BCUT2D eigenvalue weighted by molar-refractivity contribution is 0.194. The van der Waals surface area contributed by atoms with E-state index in [-0.39, 0.29) is 12.1 Å². The Labute approximate surface area is 210 Å². The Morgan fingerprint density at radius 3 is 2.66 bits per heavy atom. The minimum absolute atomic E-state index is 0.0990. The molecule has 5 nitrogen and oxygen atoms in total. The first-order chi connectivity index (χ1) is 17.1. The van der Waals surface area contributed by atoms with Crippen molar-refractivity contribution in [2.75, 3.05) is 12.4 Å². The summed E-state index contributed by atoms with van der Waals surface area (Å²) in [5.74, 6) is 0.766. The van der Waals surface area contributed by atoms with Gasteiger partial charge in [-0.05, 0) is 80.1 Å². The molecule has 2 aliphatic rings. The lowest BCUT2D eigenvalue weighted by Crippen LogP contribution is -2.38. The van der Waals surface area contributed by atoms with E-state index in [4.69, 9.17) is 4.74 Å². The highest BCUT2D eigenvalue weighted by Gasteiger charge is 2.36. The summed E-state index contributed by atoms with van der Waals surface area (Å²) in [6, 6.07) is 20.0. The fourth-order valence-corrected chi connectivity index (χ4v) is 6.85. The van der Waals surface area contributed by atoms with Crippen LogP contribution in [0.5, 0.6) is 5.75 Å². The van der Waals surface area contributed by atoms with Crippen LogP contribution in [0.15, 0.2) is 66.9 Å². The molecule has 0 saturated carbocycles. The fraction of sp³-hybridized carbons (Fsp3) is 0.276. The third-order valence-electron chi connectivity index (χ3n) is 7.14. The van der Waals surface area contributed by atoms with E-state index in [1.807, 2.05) is 40.5 Å². The number of nitrogens with one attached hydrogen (secondary N) is 1. The van der Waals surface area contributed by atoms with Crippen LogP contribution in [0.1, 0.15) is 51.7 Å². The molecule has 178 valence electrons. The number of thiophene rings is 1. The number of carbonyl (C=O) groups is 1. The first-order valence-corrected chi connectivity index (χ1v) is 13.0. The monoisotopic (exact) mass is 483 g/mol. The van der Waals surface area contributed by atoms with Gasteiger partial charge in [0, 0.05) is 22.3 Å². The molecule has 6 rings (SSSR count). The van der Waals surface area contributed by atoms with Gasteiger partial charge < -0.3 is 19.5 Å². The number of aromatic nitrogens is 1. The predicted molar refractivity (Wildman–Crippen MR) is 141 cm³/mol. The average molecular weight is 484 g/mol. The van der Waals surface area contributed by atoms with E-state index >= 15 is 0 Å². The van der Waals surface area contributed by atoms with Crippen LogP contribution in [0.2, 0.25) is 0 Å². The smallest absolute Gasteiger partial charge is 0.322 e. The summed E-state index contributed by atoms with van der Waals surface area (Å²) < 4.78 is 7.61. The molecule has 0 saturated heterocycles. The lowest BCUT2D eigenvalue weighted by atomic mass is 9.95. The largest absolute Gasteiger partial charge is 0.497 e. The quantitative estimate of drug-likeness (QED) is 0.346. The molecule has 0 unspecified atom stereocenters. The predicted octanol–water partition coefficient (Wildman–Crippen LogP) is 6.87. The van der Waals surface area contributed by atoms with Crippen molar-refractivity contribution in [1.29, 1.82) is 0 Å². The lowest BCUT2D eigenvalue weighted by Gasteiger charge is -2.31. The number of hydrogen-bond donors (Lipinski definition) is 1. The second kappa shape index (κ2) is 8.93. The SMILES string of the molecule is COc1ccc(NC(=O)N2Cc3c(sc4c3CCCC4)-n3cccc3[C@H]2c2cccc(C)c2)cc1. The highest BCUT2D eigenvalue weighted by Crippen LogP contribution is 2.44. The summed E-state index contributed by atoms with van der Waals surface area (Å²) >= 11 is 1.91. The van der Waals surface area contributed by atoms with E-state index < -0.39 is 0 Å². The molecule has 2 aromatic carbocycles. The number of benzene rings is 2. The average Bonchev–Trinajstić information content (AvgIpc) is 3.46. The standard InChI is InChI=1S/C29H29N3O2S/c1-19-7-5-8-20(17-19)27-25-10-6-16-31(25)28-24(23-9-3-4-11-26(23)35-28)18-32(27)29(33)30-21-12-14-22(34-2)15-13-21/h5-8,10,12-17,27H,3-4,9,11,18H2,1-2H3,(H,30,33)/t27-/m1/s1. The molecule has 1 aliphatic carbocycles. The van der Waals surface area contributed by atoms with Gasteiger partial charge in [-0.2, -0.15) is 0 Å². The van der Waals surface area contributed by atoms with Crippen LogP contribution < -0.4 is 10.1 Å². The highest BCUT2D eigenvalue weighted by atomic mass is 32.1. The summed E-state index contributed by atoms with van der Waals surface area (Å²) in [7, 11) is 1.64. The van der Waals surface area contributed by atoms with Crippen molar-refractivity contribution in [2.24, 2.45) is 0 Å². The van der Waals surface area contributed by atoms with E-state index in [1.165, 1.54) is 39.4 Å². The number of carbonyl (C=O) groups excluding carboxylic acids is 1. The number of aryl methyl sites for hydroxylation is 2. The van der Waals surface area contributed by atoms with Crippen molar-refractivity contribution in [3.63, 3.8) is 0 Å². The molecule has 2 amide bonds. The van der Waals surface area contributed by atoms with Crippen molar-refractivity contribution >= 4 is 23.1 Å². The van der Waals surface area contributed by atoms with E-state index in [2.05, 4.69) is 59.4 Å². The van der Waals surface area contributed by atoms with Crippen LogP contribution in [-0.4, -0.2) is 22.6 Å². The third-order valence-corrected chi connectivity index (χ3v) is 8.47. The Balaban J connectivity index is 1.47. The molecule has 35 heavy (non-hydrogen) atoms. The number of urea groups is 1. The summed E-state index contributed by atoms with van der Waals surface area (Å²) in [6.07, 6.45) is 6.86. The van der Waals surface area contributed by atoms with Crippen molar-refractivity contribution in [3.8, 4) is 10.8 Å². The molecule has 6 heteroatoms. The Morgan fingerprint density at radius 2 is 1.86 bits per heavy atom. The Morgan fingerprint density at radius 1 is 1.03 bits per heavy atom. The Hall–Kier alpha value is -3.51. The van der Waals surface area contributed by atoms with Crippen molar-refractivity contribution in [3.05, 3.63) is 99.7 Å². The number of hydrogen-bond acceptors (Lipinski definition) is 3. The van der Waals surface area contributed by atoms with Gasteiger partial charge in [0.2, 0.25) is 0 Å². The van der Waals surface area contributed by atoms with Crippen LogP contribution >= 0.6 is 11.3 Å². The van der Waals surface area contributed by atoms with Gasteiger partial charge in [-0.3, -0.25) is 0 Å². The zero-order valence-electron chi connectivity index (χ0n) is 20.1. The van der Waals surface area contributed by atoms with Gasteiger partial charge in [0.05, 0.1) is 25.4 Å². The topological polar surface area (TPSA) is 46.5 Å². The summed E-state index contributed by atoms with van der Waals surface area (Å²) in [4.78, 5) is 17.5. The molecule has 1 N–H and O–H groups in total. The van der Waals surface area contributed by atoms with Gasteiger partial charge in [-0.1, -0.05) is 29.8 Å². The molecule has 3 heterocycles. The van der Waals surface area contributed by atoms with Gasteiger partial charge in [-0.25, -0.2) is 4.79 Å². The number of fused-ring (bicyclic) bond motifs is 5. The highest BCUT2D eigenvalue weighted by molar-refractivity contribution is 7.15. The van der Waals surface area contributed by atoms with Crippen LogP contribution in [0.4, 0.5) is 10.5 Å². The van der Waals surface area contributed by atoms with Gasteiger partial charge in [0.1, 0.15) is 10.8 Å². The van der Waals surface area contributed by atoms with E-state index in [0.717, 1.165) is 35.5 Å². The molecule has 0 radical (unpaired) electrons. The van der Waals surface area contributed by atoms with E-state index in [0.29, 0.717) is 6.54 Å². The van der Waals surface area contributed by atoms with Crippen molar-refractivity contribution < 1.29 is 9.53 Å². The number of anilines is 1. The van der Waals surface area contributed by atoms with Gasteiger partial charge in [0.25, 0.3) is 0 Å². The maximum atomic E-state index is 14.0. The zero-order chi connectivity index (χ0) is 23.9. The Bertz CT molecular complexity index is 1390. The molecule has 0 spiro atoms. The molecule has 2 aromatic heterocycles. The molecule has 0 fully saturated rings. The molecule has 0 bridgehead atoms. The van der Waals surface area contributed by atoms with Crippen LogP contribution in [0.3, 0.4) is 0 Å². The number of methoxy groups -OCH3 is 1. The molecular formula is C29H29N3O2S. The van der Waals surface area contributed by atoms with E-state index in [1.54, 1.807) is 7.11 Å². The second-order valence-corrected chi connectivity index (χ2v) is 10.5. The van der Waals surface area contributed by atoms with Gasteiger partial charge in [0.15, 0.2) is 0 Å².